The Labute approximate surface area is 102 Å². The van der Waals surface area contributed by atoms with Crippen LogP contribution in [-0.4, -0.2) is 40.6 Å². The SMILES string of the molecule is Cc1cn(CC(=O)OCOCCO)c(=O)[nH]c1=O. The molecular weight excluding hydrogens is 244 g/mol. The van der Waals surface area contributed by atoms with Crippen LogP contribution >= 0.6 is 0 Å². The van der Waals surface area contributed by atoms with Gasteiger partial charge in [-0.15, -0.1) is 0 Å². The quantitative estimate of drug-likeness (QED) is 0.359. The molecule has 0 saturated carbocycles. The summed E-state index contributed by atoms with van der Waals surface area (Å²) >= 11 is 0. The van der Waals surface area contributed by atoms with Gasteiger partial charge in [0.2, 0.25) is 0 Å². The molecule has 100 valence electrons. The summed E-state index contributed by atoms with van der Waals surface area (Å²) in [5, 5.41) is 8.41. The lowest BCUT2D eigenvalue weighted by Gasteiger charge is -2.07. The second-order valence-corrected chi connectivity index (χ2v) is 3.47. The number of hydrogen-bond donors (Lipinski definition) is 2. The number of aliphatic hydroxyl groups is 1. The lowest BCUT2D eigenvalue weighted by Crippen LogP contribution is -2.33. The molecule has 0 bridgehead atoms. The van der Waals surface area contributed by atoms with Crippen LogP contribution in [0, 0.1) is 6.92 Å². The molecule has 0 aliphatic rings. The van der Waals surface area contributed by atoms with E-state index in [0.29, 0.717) is 5.56 Å². The minimum atomic E-state index is -0.682. The van der Waals surface area contributed by atoms with Crippen LogP contribution in [-0.2, 0) is 20.8 Å². The predicted molar refractivity (Wildman–Crippen MR) is 60.1 cm³/mol. The number of nitrogens with zero attached hydrogens (tertiary/aromatic N) is 1. The number of aromatic amines is 1. The van der Waals surface area contributed by atoms with Gasteiger partial charge in [0.25, 0.3) is 5.56 Å². The molecule has 0 aromatic carbocycles. The van der Waals surface area contributed by atoms with E-state index in [1.165, 1.54) is 13.1 Å². The summed E-state index contributed by atoms with van der Waals surface area (Å²) in [5.74, 6) is -0.679. The Kier molecular flexibility index (Phi) is 5.28. The highest BCUT2D eigenvalue weighted by atomic mass is 16.7. The number of esters is 1. The van der Waals surface area contributed by atoms with E-state index in [2.05, 4.69) is 9.72 Å². The molecule has 0 aliphatic heterocycles. The first-order chi connectivity index (χ1) is 8.54. The van der Waals surface area contributed by atoms with Crippen molar-refractivity contribution in [2.75, 3.05) is 20.0 Å². The third kappa shape index (κ3) is 4.15. The monoisotopic (exact) mass is 258 g/mol. The van der Waals surface area contributed by atoms with Crippen LogP contribution < -0.4 is 11.2 Å². The van der Waals surface area contributed by atoms with Crippen molar-refractivity contribution in [3.8, 4) is 0 Å². The molecule has 0 radical (unpaired) electrons. The molecule has 0 saturated heterocycles. The smallest absolute Gasteiger partial charge is 0.328 e. The van der Waals surface area contributed by atoms with Crippen LogP contribution in [0.5, 0.6) is 0 Å². The molecule has 1 aromatic heterocycles. The maximum Gasteiger partial charge on any atom is 0.328 e. The Morgan fingerprint density at radius 2 is 2.22 bits per heavy atom. The van der Waals surface area contributed by atoms with Crippen LogP contribution in [0.3, 0.4) is 0 Å². The van der Waals surface area contributed by atoms with Crippen molar-refractivity contribution in [3.63, 3.8) is 0 Å². The number of hydrogen-bond acceptors (Lipinski definition) is 6. The predicted octanol–water partition coefficient (Wildman–Crippen LogP) is -1.65. The molecule has 0 spiro atoms. The van der Waals surface area contributed by atoms with Crippen LogP contribution in [0.4, 0.5) is 0 Å². The molecule has 0 fully saturated rings. The Hall–Kier alpha value is -1.93. The summed E-state index contributed by atoms with van der Waals surface area (Å²) in [7, 11) is 0. The first-order valence-corrected chi connectivity index (χ1v) is 5.19. The van der Waals surface area contributed by atoms with Gasteiger partial charge in [0.1, 0.15) is 6.54 Å². The zero-order valence-corrected chi connectivity index (χ0v) is 9.84. The van der Waals surface area contributed by atoms with E-state index in [-0.39, 0.29) is 26.6 Å². The average molecular weight is 258 g/mol. The number of carbonyl (C=O) groups excluding carboxylic acids is 1. The van der Waals surface area contributed by atoms with Gasteiger partial charge in [0, 0.05) is 11.8 Å². The van der Waals surface area contributed by atoms with Gasteiger partial charge in [-0.1, -0.05) is 0 Å². The zero-order chi connectivity index (χ0) is 13.5. The van der Waals surface area contributed by atoms with Crippen LogP contribution in [0.1, 0.15) is 5.56 Å². The van der Waals surface area contributed by atoms with Gasteiger partial charge in [0.05, 0.1) is 13.2 Å². The molecule has 1 rings (SSSR count). The van der Waals surface area contributed by atoms with E-state index >= 15 is 0 Å². The molecule has 0 aliphatic carbocycles. The van der Waals surface area contributed by atoms with E-state index < -0.39 is 17.2 Å². The second kappa shape index (κ2) is 6.72. The summed E-state index contributed by atoms with van der Waals surface area (Å²) < 4.78 is 10.4. The summed E-state index contributed by atoms with van der Waals surface area (Å²) in [5.41, 5.74) is -0.853. The van der Waals surface area contributed by atoms with Crippen LogP contribution in [0.25, 0.3) is 0 Å². The molecule has 0 atom stereocenters. The first-order valence-electron chi connectivity index (χ1n) is 5.19. The summed E-state index contributed by atoms with van der Waals surface area (Å²) in [6.45, 7) is 0.793. The zero-order valence-electron chi connectivity index (χ0n) is 9.84. The molecule has 1 aromatic rings. The van der Waals surface area contributed by atoms with Gasteiger partial charge >= 0.3 is 11.7 Å². The fourth-order valence-corrected chi connectivity index (χ4v) is 1.15. The molecule has 8 nitrogen and oxygen atoms in total. The number of aromatic nitrogens is 2. The normalized spacial score (nSPS) is 10.3. The summed E-state index contributed by atoms with van der Waals surface area (Å²) in [4.78, 5) is 35.8. The van der Waals surface area contributed by atoms with E-state index in [4.69, 9.17) is 9.84 Å². The third-order valence-electron chi connectivity index (χ3n) is 2.03. The van der Waals surface area contributed by atoms with Crippen LogP contribution in [0.2, 0.25) is 0 Å². The molecule has 1 heterocycles. The first kappa shape index (κ1) is 14.1. The van der Waals surface area contributed by atoms with Gasteiger partial charge in [-0.05, 0) is 6.92 Å². The molecule has 0 amide bonds. The number of aryl methyl sites for hydroxylation is 1. The molecule has 0 unspecified atom stereocenters. The largest absolute Gasteiger partial charge is 0.437 e. The van der Waals surface area contributed by atoms with Crippen LogP contribution in [0.15, 0.2) is 15.8 Å². The molecule has 2 N–H and O–H groups in total. The highest BCUT2D eigenvalue weighted by Crippen LogP contribution is 1.88. The molecule has 18 heavy (non-hydrogen) atoms. The summed E-state index contributed by atoms with van der Waals surface area (Å²) in [6.07, 6.45) is 1.27. The Balaban J connectivity index is 2.57. The highest BCUT2D eigenvalue weighted by molar-refractivity contribution is 5.69. The fraction of sp³-hybridized carbons (Fsp3) is 0.500. The third-order valence-corrected chi connectivity index (χ3v) is 2.03. The number of carbonyl (C=O) groups is 1. The van der Waals surface area contributed by atoms with E-state index in [0.717, 1.165) is 4.57 Å². The van der Waals surface area contributed by atoms with Gasteiger partial charge in [0.15, 0.2) is 6.79 Å². The van der Waals surface area contributed by atoms with Gasteiger partial charge < -0.3 is 14.6 Å². The topological polar surface area (TPSA) is 111 Å². The maximum absolute atomic E-state index is 11.3. The average Bonchev–Trinajstić information content (AvgIpc) is 2.32. The Bertz CT molecular complexity index is 518. The van der Waals surface area contributed by atoms with E-state index in [1.807, 2.05) is 0 Å². The standard InChI is InChI=1S/C10H14N2O6/c1-7-4-12(10(16)11-9(7)15)5-8(14)18-6-17-3-2-13/h4,13H,2-3,5-6H2,1H3,(H,11,15,16). The van der Waals surface area contributed by atoms with E-state index in [1.54, 1.807) is 0 Å². The second-order valence-electron chi connectivity index (χ2n) is 3.47. The number of ether oxygens (including phenoxy) is 2. The number of H-pyrrole nitrogens is 1. The van der Waals surface area contributed by atoms with Crippen molar-refractivity contribution in [2.45, 2.75) is 13.5 Å². The summed E-state index contributed by atoms with van der Waals surface area (Å²) in [6, 6.07) is 0. The van der Waals surface area contributed by atoms with Gasteiger partial charge in [-0.2, -0.15) is 0 Å². The Morgan fingerprint density at radius 1 is 1.50 bits per heavy atom. The maximum atomic E-state index is 11.3. The van der Waals surface area contributed by atoms with Crippen molar-refractivity contribution in [1.82, 2.24) is 9.55 Å². The lowest BCUT2D eigenvalue weighted by molar-refractivity contribution is -0.157. The van der Waals surface area contributed by atoms with Crippen molar-refractivity contribution in [1.29, 1.82) is 0 Å². The van der Waals surface area contributed by atoms with Crippen molar-refractivity contribution in [2.24, 2.45) is 0 Å². The number of aliphatic hydroxyl groups excluding tert-OH is 1. The van der Waals surface area contributed by atoms with E-state index in [9.17, 15) is 14.4 Å². The minimum Gasteiger partial charge on any atom is -0.437 e. The highest BCUT2D eigenvalue weighted by Gasteiger charge is 2.07. The number of nitrogens with one attached hydrogen (secondary N) is 1. The van der Waals surface area contributed by atoms with Gasteiger partial charge in [-0.25, -0.2) is 4.79 Å². The Morgan fingerprint density at radius 3 is 2.89 bits per heavy atom. The molecule has 8 heteroatoms. The molecular formula is C10H14N2O6. The number of rotatable bonds is 6. The van der Waals surface area contributed by atoms with Crippen molar-refractivity contribution >= 4 is 5.97 Å². The minimum absolute atomic E-state index is 0.0605. The fourth-order valence-electron chi connectivity index (χ4n) is 1.15. The lowest BCUT2D eigenvalue weighted by atomic mass is 10.4. The van der Waals surface area contributed by atoms with Crippen molar-refractivity contribution in [3.05, 3.63) is 32.6 Å². The van der Waals surface area contributed by atoms with Gasteiger partial charge in [-0.3, -0.25) is 19.1 Å². The van der Waals surface area contributed by atoms with Crippen molar-refractivity contribution < 1.29 is 19.4 Å².